The molecule has 112 valence electrons. The lowest BCUT2D eigenvalue weighted by atomic mass is 9.95. The number of pyridine rings is 1. The van der Waals surface area contributed by atoms with E-state index in [2.05, 4.69) is 11.1 Å². The maximum atomic E-state index is 14.4. The van der Waals surface area contributed by atoms with E-state index in [0.717, 1.165) is 24.0 Å². The number of hydrogen-bond acceptors (Lipinski definition) is 3. The molecular weight excluding hydrogens is 279 g/mol. The number of aliphatic hydroxyl groups excluding tert-OH is 1. The number of hydrogen-bond donors (Lipinski definition) is 1. The molecule has 4 heteroatoms. The fraction of sp³-hybridized carbons (Fsp3) is 0.333. The van der Waals surface area contributed by atoms with Gasteiger partial charge in [-0.2, -0.15) is 5.26 Å². The van der Waals surface area contributed by atoms with Crippen molar-refractivity contribution in [2.75, 3.05) is 6.61 Å². The second-order valence-corrected chi connectivity index (χ2v) is 5.95. The Labute approximate surface area is 129 Å². The zero-order chi connectivity index (χ0) is 15.7. The first kappa shape index (κ1) is 14.7. The lowest BCUT2D eigenvalue weighted by Gasteiger charge is -2.11. The summed E-state index contributed by atoms with van der Waals surface area (Å²) >= 11 is 0. The zero-order valence-corrected chi connectivity index (χ0v) is 12.4. The normalized spacial score (nSPS) is 16.8. The molecule has 0 spiro atoms. The molecule has 1 aliphatic carbocycles. The number of rotatable bonds is 4. The highest BCUT2D eigenvalue weighted by atomic mass is 19.1. The molecule has 1 unspecified atom stereocenters. The first-order valence-electron chi connectivity index (χ1n) is 7.38. The van der Waals surface area contributed by atoms with Crippen molar-refractivity contribution in [1.29, 1.82) is 5.26 Å². The maximum absolute atomic E-state index is 14.4. The van der Waals surface area contributed by atoms with Gasteiger partial charge in [-0.05, 0) is 42.2 Å². The van der Waals surface area contributed by atoms with Gasteiger partial charge in [0.15, 0.2) is 0 Å². The molecule has 0 saturated heterocycles. The summed E-state index contributed by atoms with van der Waals surface area (Å²) in [6, 6.07) is 10.9. The van der Waals surface area contributed by atoms with Gasteiger partial charge in [-0.15, -0.1) is 0 Å². The van der Waals surface area contributed by atoms with E-state index < -0.39 is 5.41 Å². The van der Waals surface area contributed by atoms with Crippen LogP contribution < -0.4 is 0 Å². The van der Waals surface area contributed by atoms with Gasteiger partial charge in [0, 0.05) is 24.3 Å². The van der Waals surface area contributed by atoms with E-state index in [0.29, 0.717) is 11.3 Å². The molecule has 0 bridgehead atoms. The Morgan fingerprint density at radius 3 is 2.64 bits per heavy atom. The molecule has 22 heavy (non-hydrogen) atoms. The minimum atomic E-state index is -0.479. The summed E-state index contributed by atoms with van der Waals surface area (Å²) in [4.78, 5) is 4.29. The Bertz CT molecular complexity index is 730. The van der Waals surface area contributed by atoms with Crippen molar-refractivity contribution in [2.24, 2.45) is 0 Å². The van der Waals surface area contributed by atoms with Crippen LogP contribution >= 0.6 is 0 Å². The molecule has 2 aromatic rings. The number of nitrogens with zero attached hydrogens (tertiary/aromatic N) is 2. The van der Waals surface area contributed by atoms with Crippen molar-refractivity contribution in [3.05, 3.63) is 53.5 Å². The molecule has 1 aliphatic rings. The van der Waals surface area contributed by atoms with E-state index in [1.165, 1.54) is 6.07 Å². The Morgan fingerprint density at radius 2 is 2.14 bits per heavy atom. The smallest absolute Gasteiger partial charge is 0.132 e. The van der Waals surface area contributed by atoms with Gasteiger partial charge < -0.3 is 5.11 Å². The Morgan fingerprint density at radius 1 is 1.36 bits per heavy atom. The molecule has 1 heterocycles. The van der Waals surface area contributed by atoms with Crippen LogP contribution in [0.15, 0.2) is 36.5 Å². The molecule has 0 aliphatic heterocycles. The van der Waals surface area contributed by atoms with E-state index in [4.69, 9.17) is 5.11 Å². The molecule has 1 atom stereocenters. The van der Waals surface area contributed by atoms with Crippen molar-refractivity contribution in [2.45, 2.75) is 31.1 Å². The number of halogens is 1. The fourth-order valence-corrected chi connectivity index (χ4v) is 2.57. The van der Waals surface area contributed by atoms with Crippen LogP contribution in [0.3, 0.4) is 0 Å². The first-order valence-corrected chi connectivity index (χ1v) is 7.38. The molecule has 1 aromatic carbocycles. The van der Waals surface area contributed by atoms with E-state index in [1.54, 1.807) is 18.3 Å². The van der Waals surface area contributed by atoms with Gasteiger partial charge in [-0.3, -0.25) is 4.98 Å². The topological polar surface area (TPSA) is 56.9 Å². The van der Waals surface area contributed by atoms with Crippen molar-refractivity contribution in [3.8, 4) is 17.3 Å². The molecule has 1 N–H and O–H groups in total. The largest absolute Gasteiger partial charge is 0.396 e. The van der Waals surface area contributed by atoms with Crippen LogP contribution in [0.5, 0.6) is 0 Å². The predicted molar refractivity (Wildman–Crippen MR) is 81.7 cm³/mol. The fourth-order valence-electron chi connectivity index (χ4n) is 2.57. The van der Waals surface area contributed by atoms with Crippen LogP contribution in [0.4, 0.5) is 4.39 Å². The highest BCUT2D eigenvalue weighted by Crippen LogP contribution is 2.48. The molecular formula is C18H17FN2O. The van der Waals surface area contributed by atoms with Crippen LogP contribution in [0.2, 0.25) is 0 Å². The van der Waals surface area contributed by atoms with Crippen molar-refractivity contribution in [3.63, 3.8) is 0 Å². The molecule has 1 aromatic heterocycles. The molecule has 1 saturated carbocycles. The van der Waals surface area contributed by atoms with Crippen LogP contribution in [-0.2, 0) is 5.41 Å². The van der Waals surface area contributed by atoms with Gasteiger partial charge in [-0.25, -0.2) is 4.39 Å². The van der Waals surface area contributed by atoms with Crippen molar-refractivity contribution in [1.82, 2.24) is 4.98 Å². The molecule has 3 nitrogen and oxygen atoms in total. The molecule has 0 radical (unpaired) electrons. The lowest BCUT2D eigenvalue weighted by Crippen LogP contribution is -2.04. The van der Waals surface area contributed by atoms with Crippen molar-refractivity contribution >= 4 is 0 Å². The molecule has 1 fully saturated rings. The summed E-state index contributed by atoms with van der Waals surface area (Å²) in [6.45, 7) is 1.96. The second kappa shape index (κ2) is 5.51. The Kier molecular flexibility index (Phi) is 3.67. The Hall–Kier alpha value is -2.25. The monoisotopic (exact) mass is 296 g/mol. The summed E-state index contributed by atoms with van der Waals surface area (Å²) in [5.41, 5.74) is 2.18. The predicted octanol–water partition coefficient (Wildman–Crippen LogP) is 3.54. The average Bonchev–Trinajstić information content (AvgIpc) is 3.35. The minimum absolute atomic E-state index is 0.0131. The summed E-state index contributed by atoms with van der Waals surface area (Å²) in [6.07, 6.45) is 3.27. The molecule has 0 amide bonds. The van der Waals surface area contributed by atoms with Gasteiger partial charge in [0.2, 0.25) is 0 Å². The third-order valence-electron chi connectivity index (χ3n) is 4.39. The lowest BCUT2D eigenvalue weighted by molar-refractivity contribution is 0.273. The standard InChI is InChI=1S/C18H17FN2O/c1-12(10-22)13-2-5-17(21-9-13)15-4-3-14(8-16(15)19)18(11-20)6-7-18/h2-5,8-9,12,22H,6-7,10H2,1H3. The van der Waals surface area contributed by atoms with Crippen LogP contribution in [-0.4, -0.2) is 16.7 Å². The van der Waals surface area contributed by atoms with E-state index in [9.17, 15) is 9.65 Å². The van der Waals surface area contributed by atoms with Crippen molar-refractivity contribution < 1.29 is 9.50 Å². The summed E-state index contributed by atoms with van der Waals surface area (Å²) in [5, 5.41) is 18.3. The second-order valence-electron chi connectivity index (χ2n) is 5.95. The average molecular weight is 296 g/mol. The first-order chi connectivity index (χ1) is 10.6. The minimum Gasteiger partial charge on any atom is -0.396 e. The van der Waals surface area contributed by atoms with Gasteiger partial charge in [-0.1, -0.05) is 19.1 Å². The number of aliphatic hydroxyl groups is 1. The zero-order valence-electron chi connectivity index (χ0n) is 12.4. The van der Waals surface area contributed by atoms with Crippen LogP contribution in [0.25, 0.3) is 11.3 Å². The highest BCUT2D eigenvalue weighted by molar-refractivity contribution is 5.61. The summed E-state index contributed by atoms with van der Waals surface area (Å²) in [7, 11) is 0. The number of benzene rings is 1. The third kappa shape index (κ3) is 2.49. The van der Waals surface area contributed by atoms with E-state index in [1.807, 2.05) is 19.1 Å². The van der Waals surface area contributed by atoms with E-state index in [-0.39, 0.29) is 18.3 Å². The van der Waals surface area contributed by atoms with Gasteiger partial charge in [0.25, 0.3) is 0 Å². The van der Waals surface area contributed by atoms with Gasteiger partial charge >= 0.3 is 0 Å². The Balaban J connectivity index is 1.91. The van der Waals surface area contributed by atoms with Gasteiger partial charge in [0.05, 0.1) is 17.2 Å². The SMILES string of the molecule is CC(CO)c1ccc(-c2ccc(C3(C#N)CC3)cc2F)nc1. The third-order valence-corrected chi connectivity index (χ3v) is 4.39. The van der Waals surface area contributed by atoms with Gasteiger partial charge in [0.1, 0.15) is 5.82 Å². The highest BCUT2D eigenvalue weighted by Gasteiger charge is 2.45. The maximum Gasteiger partial charge on any atom is 0.132 e. The summed E-state index contributed by atoms with van der Waals surface area (Å²) in [5.74, 6) is -0.339. The van der Waals surface area contributed by atoms with Crippen LogP contribution in [0, 0.1) is 17.1 Å². The summed E-state index contributed by atoms with van der Waals surface area (Å²) < 4.78 is 14.4. The quantitative estimate of drug-likeness (QED) is 0.939. The van der Waals surface area contributed by atoms with Crippen LogP contribution in [0.1, 0.15) is 36.8 Å². The number of aromatic nitrogens is 1. The van der Waals surface area contributed by atoms with E-state index >= 15 is 0 Å². The molecule has 3 rings (SSSR count). The number of nitriles is 1.